The molecule has 0 N–H and O–H groups in total. The molecule has 4 nitrogen and oxygen atoms in total. The van der Waals surface area contributed by atoms with Crippen LogP contribution in [0.1, 0.15) is 26.3 Å². The summed E-state index contributed by atoms with van der Waals surface area (Å²) in [5, 5.41) is 0.129. The van der Waals surface area contributed by atoms with Crippen molar-refractivity contribution in [1.29, 1.82) is 0 Å². The molecule has 132 valence electrons. The van der Waals surface area contributed by atoms with Gasteiger partial charge in [-0.15, -0.1) is 0 Å². The second kappa shape index (κ2) is 6.54. The van der Waals surface area contributed by atoms with E-state index in [1.165, 1.54) is 0 Å². The maximum Gasteiger partial charge on any atom is 0.250 e. The first kappa shape index (κ1) is 17.5. The second-order valence-electron chi connectivity index (χ2n) is 8.07. The van der Waals surface area contributed by atoms with Crippen molar-refractivity contribution in [3.63, 3.8) is 0 Å². The highest BCUT2D eigenvalue weighted by Crippen LogP contribution is 2.41. The van der Waals surface area contributed by atoms with Gasteiger partial charge in [0.1, 0.15) is 24.2 Å². The minimum atomic E-state index is -1.93. The molecule has 1 fully saturated rings. The zero-order valence-corrected chi connectivity index (χ0v) is 16.2. The second-order valence-corrected chi connectivity index (χ2v) is 12.8. The van der Waals surface area contributed by atoms with Gasteiger partial charge in [0.15, 0.2) is 6.10 Å². The number of ether oxygens (including phenoxy) is 3. The molecule has 0 radical (unpaired) electrons. The quantitative estimate of drug-likeness (QED) is 0.746. The molecule has 1 aromatic rings. The molecule has 0 saturated carbocycles. The van der Waals surface area contributed by atoms with E-state index in [9.17, 15) is 0 Å². The topological polar surface area (TPSA) is 36.9 Å². The zero-order chi connectivity index (χ0) is 17.4. The monoisotopic (exact) mass is 348 g/mol. The Balaban J connectivity index is 1.68. The van der Waals surface area contributed by atoms with E-state index in [1.807, 2.05) is 18.2 Å². The molecular weight excluding hydrogens is 320 g/mol. The van der Waals surface area contributed by atoms with Crippen molar-refractivity contribution in [2.24, 2.45) is 0 Å². The Kier molecular flexibility index (Phi) is 4.77. The van der Waals surface area contributed by atoms with Crippen molar-refractivity contribution in [3.05, 3.63) is 47.9 Å². The summed E-state index contributed by atoms with van der Waals surface area (Å²) in [6, 6.07) is 10.2. The summed E-state index contributed by atoms with van der Waals surface area (Å²) in [5.41, 5.74) is 1.15. The SMILES string of the molecule is CC(C)(C)[Si](C)(C)OC1=CO[C@@H]2CO[C@H]1[C@@H]2OCc1ccccc1. The van der Waals surface area contributed by atoms with Gasteiger partial charge in [0.25, 0.3) is 0 Å². The number of rotatable bonds is 5. The highest BCUT2D eigenvalue weighted by Gasteiger charge is 2.49. The predicted octanol–water partition coefficient (Wildman–Crippen LogP) is 4.23. The summed E-state index contributed by atoms with van der Waals surface area (Å²) in [6.07, 6.45) is 1.41. The number of benzene rings is 1. The Morgan fingerprint density at radius 3 is 2.54 bits per heavy atom. The van der Waals surface area contributed by atoms with Crippen molar-refractivity contribution in [3.8, 4) is 0 Å². The smallest absolute Gasteiger partial charge is 0.250 e. The minimum Gasteiger partial charge on any atom is -0.542 e. The number of fused-ring (bicyclic) bond motifs is 2. The number of hydrogen-bond acceptors (Lipinski definition) is 4. The van der Waals surface area contributed by atoms with E-state index in [1.54, 1.807) is 6.26 Å². The molecule has 24 heavy (non-hydrogen) atoms. The van der Waals surface area contributed by atoms with Gasteiger partial charge < -0.3 is 18.6 Å². The van der Waals surface area contributed by atoms with Gasteiger partial charge in [-0.05, 0) is 23.7 Å². The molecule has 0 aliphatic carbocycles. The molecule has 0 spiro atoms. The Morgan fingerprint density at radius 1 is 1.17 bits per heavy atom. The molecule has 2 aliphatic rings. The predicted molar refractivity (Wildman–Crippen MR) is 96.0 cm³/mol. The Bertz CT molecular complexity index is 591. The molecule has 2 heterocycles. The molecular formula is C19H28O4Si. The third-order valence-corrected chi connectivity index (χ3v) is 9.57. The Morgan fingerprint density at radius 2 is 1.88 bits per heavy atom. The average molecular weight is 349 g/mol. The van der Waals surface area contributed by atoms with E-state index < -0.39 is 8.32 Å². The minimum absolute atomic E-state index is 0.0505. The van der Waals surface area contributed by atoms with E-state index in [4.69, 9.17) is 18.6 Å². The van der Waals surface area contributed by atoms with Crippen LogP contribution in [0.2, 0.25) is 18.1 Å². The van der Waals surface area contributed by atoms with Crippen LogP contribution in [0.25, 0.3) is 0 Å². The Labute approximate surface area is 145 Å². The lowest BCUT2D eigenvalue weighted by atomic mass is 10.1. The molecule has 3 atom stereocenters. The summed E-state index contributed by atoms with van der Waals surface area (Å²) in [4.78, 5) is 0. The molecule has 0 unspecified atom stereocenters. The van der Waals surface area contributed by atoms with Crippen LogP contribution in [0, 0.1) is 0 Å². The molecule has 1 saturated heterocycles. The van der Waals surface area contributed by atoms with Crippen LogP contribution in [0.15, 0.2) is 42.4 Å². The van der Waals surface area contributed by atoms with Crippen LogP contribution >= 0.6 is 0 Å². The van der Waals surface area contributed by atoms with E-state index in [-0.39, 0.29) is 23.4 Å². The Hall–Kier alpha value is -1.30. The molecule has 1 aromatic carbocycles. The van der Waals surface area contributed by atoms with Gasteiger partial charge in [0, 0.05) is 0 Å². The largest absolute Gasteiger partial charge is 0.542 e. The first-order valence-electron chi connectivity index (χ1n) is 8.59. The van der Waals surface area contributed by atoms with Crippen LogP contribution in [-0.2, 0) is 25.2 Å². The highest BCUT2D eigenvalue weighted by atomic mass is 28.4. The van der Waals surface area contributed by atoms with E-state index in [2.05, 4.69) is 46.0 Å². The van der Waals surface area contributed by atoms with Crippen LogP contribution in [0.3, 0.4) is 0 Å². The summed E-state index contributed by atoms with van der Waals surface area (Å²) >= 11 is 0. The standard InChI is InChI=1S/C19H28O4Si/c1-19(2,3)24(4,5)23-16-13-20-15-12-22-18(16)17(15)21-11-14-9-7-6-8-10-14/h6-10,13,15,17-18H,11-12H2,1-5H3/t15-,17-,18-/m1/s1. The number of hydrogen-bond donors (Lipinski definition) is 0. The van der Waals surface area contributed by atoms with Gasteiger partial charge >= 0.3 is 0 Å². The lowest BCUT2D eigenvalue weighted by molar-refractivity contribution is -0.0640. The summed E-state index contributed by atoms with van der Waals surface area (Å²) in [5.74, 6) is 0.786. The van der Waals surface area contributed by atoms with Crippen molar-refractivity contribution in [2.45, 2.75) is 63.8 Å². The van der Waals surface area contributed by atoms with Crippen LogP contribution < -0.4 is 0 Å². The lowest BCUT2D eigenvalue weighted by Crippen LogP contribution is -2.45. The third kappa shape index (κ3) is 3.53. The average Bonchev–Trinajstić information content (AvgIpc) is 2.81. The van der Waals surface area contributed by atoms with E-state index in [0.717, 1.165) is 11.3 Å². The normalized spacial score (nSPS) is 26.7. The van der Waals surface area contributed by atoms with Gasteiger partial charge in [-0.1, -0.05) is 51.1 Å². The molecule has 0 amide bonds. The van der Waals surface area contributed by atoms with Crippen molar-refractivity contribution in [1.82, 2.24) is 0 Å². The molecule has 0 aromatic heterocycles. The fourth-order valence-electron chi connectivity index (χ4n) is 2.66. The maximum atomic E-state index is 6.43. The van der Waals surface area contributed by atoms with Gasteiger partial charge in [0.05, 0.1) is 13.2 Å². The van der Waals surface area contributed by atoms with Crippen molar-refractivity contribution < 1.29 is 18.6 Å². The molecule has 2 aliphatic heterocycles. The van der Waals surface area contributed by atoms with Crippen LogP contribution in [0.4, 0.5) is 0 Å². The van der Waals surface area contributed by atoms with Gasteiger partial charge in [-0.25, -0.2) is 0 Å². The summed E-state index contributed by atoms with van der Waals surface area (Å²) < 4.78 is 24.3. The zero-order valence-electron chi connectivity index (χ0n) is 15.2. The first-order chi connectivity index (χ1) is 11.3. The maximum absolute atomic E-state index is 6.43. The van der Waals surface area contributed by atoms with Gasteiger partial charge in [0.2, 0.25) is 8.32 Å². The molecule has 3 rings (SSSR count). The first-order valence-corrected chi connectivity index (χ1v) is 11.5. The summed E-state index contributed by atoms with van der Waals surface area (Å²) in [6.45, 7) is 12.2. The van der Waals surface area contributed by atoms with Gasteiger partial charge in [-0.3, -0.25) is 0 Å². The fourth-order valence-corrected chi connectivity index (χ4v) is 3.72. The highest BCUT2D eigenvalue weighted by molar-refractivity contribution is 6.74. The van der Waals surface area contributed by atoms with Gasteiger partial charge in [-0.2, -0.15) is 0 Å². The third-order valence-electron chi connectivity index (χ3n) is 5.21. The molecule has 5 heteroatoms. The van der Waals surface area contributed by atoms with Crippen molar-refractivity contribution >= 4 is 8.32 Å². The van der Waals surface area contributed by atoms with E-state index >= 15 is 0 Å². The summed E-state index contributed by atoms with van der Waals surface area (Å²) in [7, 11) is -1.93. The van der Waals surface area contributed by atoms with Crippen molar-refractivity contribution in [2.75, 3.05) is 6.61 Å². The lowest BCUT2D eigenvalue weighted by Gasteiger charge is -2.39. The van der Waals surface area contributed by atoms with Crippen LogP contribution in [-0.4, -0.2) is 33.2 Å². The van der Waals surface area contributed by atoms with Crippen LogP contribution in [0.5, 0.6) is 0 Å². The fraction of sp³-hybridized carbons (Fsp3) is 0.579. The molecule has 2 bridgehead atoms. The van der Waals surface area contributed by atoms with E-state index in [0.29, 0.717) is 13.2 Å².